The first-order valence-corrected chi connectivity index (χ1v) is 11.4. The van der Waals surface area contributed by atoms with Gasteiger partial charge in [-0.05, 0) is 38.5 Å². The van der Waals surface area contributed by atoms with Gasteiger partial charge in [0.2, 0.25) is 0 Å². The topological polar surface area (TPSA) is 72.7 Å². The number of hydrogen-bond acceptors (Lipinski definition) is 7. The number of aryl methyl sites for hydroxylation is 3. The third-order valence-corrected chi connectivity index (χ3v) is 6.85. The minimum absolute atomic E-state index is 0. The number of fused-ring (bicyclic) bond motifs is 1. The summed E-state index contributed by atoms with van der Waals surface area (Å²) >= 11 is 1.52. The van der Waals surface area contributed by atoms with Crippen LogP contribution in [-0.2, 0) is 11.3 Å². The van der Waals surface area contributed by atoms with E-state index < -0.39 is 0 Å². The van der Waals surface area contributed by atoms with E-state index >= 15 is 0 Å². The molecule has 0 spiro atoms. The molecule has 10 heteroatoms. The van der Waals surface area contributed by atoms with E-state index in [1.165, 1.54) is 11.3 Å². The molecule has 4 rings (SSSR count). The Labute approximate surface area is 198 Å². The molecule has 3 heterocycles. The third-order valence-electron chi connectivity index (χ3n) is 5.63. The molecule has 1 amide bonds. The molecule has 0 N–H and O–H groups in total. The summed E-state index contributed by atoms with van der Waals surface area (Å²) in [4.78, 5) is 22.5. The van der Waals surface area contributed by atoms with Crippen molar-refractivity contribution in [2.75, 3.05) is 51.4 Å². The third kappa shape index (κ3) is 4.91. The van der Waals surface area contributed by atoms with Crippen LogP contribution in [0.25, 0.3) is 10.2 Å². The molecule has 2 aromatic heterocycles. The van der Waals surface area contributed by atoms with E-state index in [9.17, 15) is 4.79 Å². The Morgan fingerprint density at radius 3 is 2.69 bits per heavy atom. The molecule has 0 radical (unpaired) electrons. The second-order valence-corrected chi connectivity index (χ2v) is 8.63. The number of anilines is 1. The van der Waals surface area contributed by atoms with Crippen molar-refractivity contribution in [3.05, 3.63) is 35.2 Å². The number of nitrogens with zero attached hydrogens (tertiary/aromatic N) is 5. The van der Waals surface area contributed by atoms with E-state index in [1.807, 2.05) is 36.7 Å². The van der Waals surface area contributed by atoms with Gasteiger partial charge in [-0.2, -0.15) is 5.10 Å². The van der Waals surface area contributed by atoms with Gasteiger partial charge in [0, 0.05) is 38.4 Å². The summed E-state index contributed by atoms with van der Waals surface area (Å²) in [6.07, 6.45) is 0. The maximum Gasteiger partial charge on any atom is 0.280 e. The first-order valence-electron chi connectivity index (χ1n) is 10.6. The van der Waals surface area contributed by atoms with Crippen molar-refractivity contribution in [3.8, 4) is 5.75 Å². The number of rotatable bonds is 7. The smallest absolute Gasteiger partial charge is 0.280 e. The minimum Gasteiger partial charge on any atom is -0.494 e. The number of methoxy groups -OCH3 is 1. The molecule has 0 atom stereocenters. The van der Waals surface area contributed by atoms with E-state index in [4.69, 9.17) is 14.5 Å². The van der Waals surface area contributed by atoms with Crippen molar-refractivity contribution in [1.82, 2.24) is 19.7 Å². The molecule has 32 heavy (non-hydrogen) atoms. The Balaban J connectivity index is 0.00000289. The molecular formula is C22H30ClN5O3S. The lowest BCUT2D eigenvalue weighted by Gasteiger charge is -2.29. The second-order valence-electron chi connectivity index (χ2n) is 7.66. The highest BCUT2D eigenvalue weighted by molar-refractivity contribution is 7.22. The van der Waals surface area contributed by atoms with Gasteiger partial charge in [0.05, 0.1) is 25.0 Å². The molecule has 1 aliphatic heterocycles. The van der Waals surface area contributed by atoms with Crippen LogP contribution in [0.2, 0.25) is 0 Å². The fraction of sp³-hybridized carbons (Fsp3) is 0.500. The fourth-order valence-corrected chi connectivity index (χ4v) is 4.88. The maximum atomic E-state index is 13.6. The van der Waals surface area contributed by atoms with Gasteiger partial charge in [0.25, 0.3) is 5.91 Å². The highest BCUT2D eigenvalue weighted by Gasteiger charge is 2.26. The van der Waals surface area contributed by atoms with Crippen molar-refractivity contribution in [2.24, 2.45) is 0 Å². The van der Waals surface area contributed by atoms with Crippen molar-refractivity contribution < 1.29 is 14.3 Å². The molecular weight excluding hydrogens is 450 g/mol. The van der Waals surface area contributed by atoms with Crippen LogP contribution in [0.15, 0.2) is 18.2 Å². The van der Waals surface area contributed by atoms with Gasteiger partial charge < -0.3 is 9.47 Å². The molecule has 1 fully saturated rings. The van der Waals surface area contributed by atoms with Crippen LogP contribution in [0, 0.1) is 13.8 Å². The Morgan fingerprint density at radius 1 is 1.28 bits per heavy atom. The molecule has 0 unspecified atom stereocenters. The molecule has 1 aliphatic rings. The van der Waals surface area contributed by atoms with Crippen molar-refractivity contribution in [1.29, 1.82) is 0 Å². The molecule has 1 saturated heterocycles. The maximum absolute atomic E-state index is 13.6. The van der Waals surface area contributed by atoms with E-state index in [1.54, 1.807) is 12.0 Å². The van der Waals surface area contributed by atoms with Gasteiger partial charge in [-0.3, -0.25) is 19.3 Å². The summed E-state index contributed by atoms with van der Waals surface area (Å²) in [6.45, 7) is 11.3. The summed E-state index contributed by atoms with van der Waals surface area (Å²) in [5.74, 6) is 0.592. The molecule has 3 aromatic rings. The van der Waals surface area contributed by atoms with Crippen LogP contribution in [0.4, 0.5) is 5.13 Å². The van der Waals surface area contributed by atoms with Crippen LogP contribution >= 0.6 is 23.7 Å². The van der Waals surface area contributed by atoms with Gasteiger partial charge in [0.15, 0.2) is 10.8 Å². The van der Waals surface area contributed by atoms with Crippen LogP contribution < -0.4 is 9.64 Å². The van der Waals surface area contributed by atoms with E-state index in [2.05, 4.69) is 16.9 Å². The number of carbonyl (C=O) groups is 1. The van der Waals surface area contributed by atoms with Crippen LogP contribution in [0.1, 0.15) is 28.7 Å². The van der Waals surface area contributed by atoms with Crippen LogP contribution in [0.5, 0.6) is 5.75 Å². The Bertz CT molecular complexity index is 1080. The summed E-state index contributed by atoms with van der Waals surface area (Å²) in [5, 5.41) is 5.19. The molecule has 174 valence electrons. The zero-order valence-electron chi connectivity index (χ0n) is 19.0. The van der Waals surface area contributed by atoms with E-state index in [0.717, 1.165) is 66.6 Å². The lowest BCUT2D eigenvalue weighted by molar-refractivity contribution is 0.0391. The fourth-order valence-electron chi connectivity index (χ4n) is 3.80. The number of hydrogen-bond donors (Lipinski definition) is 0. The number of thiazole rings is 1. The highest BCUT2D eigenvalue weighted by Crippen LogP contribution is 2.36. The average Bonchev–Trinajstić information content (AvgIpc) is 3.39. The summed E-state index contributed by atoms with van der Waals surface area (Å²) in [6, 6.07) is 5.80. The largest absolute Gasteiger partial charge is 0.494 e. The van der Waals surface area contributed by atoms with Crippen molar-refractivity contribution in [3.63, 3.8) is 0 Å². The number of amides is 1. The Kier molecular flexibility index (Phi) is 8.10. The predicted octanol–water partition coefficient (Wildman–Crippen LogP) is 3.54. The number of aromatic nitrogens is 3. The van der Waals surface area contributed by atoms with Gasteiger partial charge in [-0.25, -0.2) is 4.98 Å². The SMILES string of the molecule is CCn1nc(C(=O)N(CCN2CCOCC2)c2nc3c(OC)ccc(C)c3s2)cc1C.Cl. The van der Waals surface area contributed by atoms with Crippen molar-refractivity contribution in [2.45, 2.75) is 27.3 Å². The van der Waals surface area contributed by atoms with Gasteiger partial charge >= 0.3 is 0 Å². The number of halogens is 1. The molecule has 8 nitrogen and oxygen atoms in total. The summed E-state index contributed by atoms with van der Waals surface area (Å²) in [5.41, 5.74) is 3.33. The first kappa shape index (κ1) is 24.4. The normalized spacial score (nSPS) is 14.4. The highest BCUT2D eigenvalue weighted by atomic mass is 35.5. The standard InChI is InChI=1S/C22H29N5O3S.ClH/c1-5-27-16(3)14-17(24-27)21(28)26(9-8-25-10-12-30-13-11-25)22-23-19-18(29-4)7-6-15(2)20(19)31-22;/h6-7,14H,5,8-13H2,1-4H3;1H. The molecule has 1 aromatic carbocycles. The zero-order chi connectivity index (χ0) is 22.0. The first-order chi connectivity index (χ1) is 15.0. The predicted molar refractivity (Wildman–Crippen MR) is 130 cm³/mol. The zero-order valence-corrected chi connectivity index (χ0v) is 20.6. The molecule has 0 saturated carbocycles. The number of benzene rings is 1. The second kappa shape index (κ2) is 10.6. The minimum atomic E-state index is -0.126. The van der Waals surface area contributed by atoms with Gasteiger partial charge in [0.1, 0.15) is 11.3 Å². The lowest BCUT2D eigenvalue weighted by Crippen LogP contribution is -2.43. The van der Waals surface area contributed by atoms with E-state index in [-0.39, 0.29) is 18.3 Å². The summed E-state index contributed by atoms with van der Waals surface area (Å²) < 4.78 is 13.9. The summed E-state index contributed by atoms with van der Waals surface area (Å²) in [7, 11) is 1.64. The van der Waals surface area contributed by atoms with E-state index in [0.29, 0.717) is 17.4 Å². The Hall–Kier alpha value is -2.20. The number of ether oxygens (including phenoxy) is 2. The van der Waals surface area contributed by atoms with Crippen molar-refractivity contribution >= 4 is 45.0 Å². The number of carbonyl (C=O) groups excluding carboxylic acids is 1. The Morgan fingerprint density at radius 2 is 2.03 bits per heavy atom. The van der Waals surface area contributed by atoms with Gasteiger partial charge in [-0.1, -0.05) is 17.4 Å². The number of morpholine rings is 1. The van der Waals surface area contributed by atoms with Crippen LogP contribution in [-0.4, -0.2) is 72.1 Å². The molecule has 0 bridgehead atoms. The van der Waals surface area contributed by atoms with Crippen LogP contribution in [0.3, 0.4) is 0 Å². The van der Waals surface area contributed by atoms with Gasteiger partial charge in [-0.15, -0.1) is 12.4 Å². The quantitative estimate of drug-likeness (QED) is 0.516. The lowest BCUT2D eigenvalue weighted by atomic mass is 10.2. The average molecular weight is 480 g/mol. The monoisotopic (exact) mass is 479 g/mol. The molecule has 0 aliphatic carbocycles.